The minimum Gasteiger partial charge on any atom is -0.326 e. The van der Waals surface area contributed by atoms with E-state index in [4.69, 9.17) is 23.2 Å². The van der Waals surface area contributed by atoms with Crippen LogP contribution in [0, 0.1) is 0 Å². The summed E-state index contributed by atoms with van der Waals surface area (Å²) in [7, 11) is 0. The molecule has 0 radical (unpaired) electrons. The van der Waals surface area contributed by atoms with Gasteiger partial charge in [-0.15, -0.1) is 0 Å². The first-order chi connectivity index (χ1) is 13.6. The van der Waals surface area contributed by atoms with Crippen LogP contribution < -0.4 is 9.62 Å². The summed E-state index contributed by atoms with van der Waals surface area (Å²) in [4.78, 5) is 15.5. The zero-order valence-electron chi connectivity index (χ0n) is 15.0. The summed E-state index contributed by atoms with van der Waals surface area (Å²) in [6, 6.07) is 21.4. The molecule has 1 aliphatic rings. The average Bonchev–Trinajstić information content (AvgIpc) is 3.10. The number of benzene rings is 3. The molecule has 0 aromatic heterocycles. The number of amides is 1. The van der Waals surface area contributed by atoms with Crippen LogP contribution >= 0.6 is 35.1 Å². The minimum atomic E-state index is 0.133. The van der Waals surface area contributed by atoms with E-state index < -0.39 is 0 Å². The monoisotopic (exact) mass is 428 g/mol. The molecule has 1 amide bonds. The van der Waals surface area contributed by atoms with Crippen molar-refractivity contribution in [3.63, 3.8) is 0 Å². The molecule has 3 nitrogen and oxygen atoms in total. The molecule has 3 aromatic carbocycles. The minimum absolute atomic E-state index is 0.133. The van der Waals surface area contributed by atoms with E-state index in [1.165, 1.54) is 17.5 Å². The summed E-state index contributed by atoms with van der Waals surface area (Å²) in [5.41, 5.74) is 4.20. The van der Waals surface area contributed by atoms with Gasteiger partial charge in [0.05, 0.1) is 6.42 Å². The molecule has 1 aliphatic heterocycles. The molecule has 28 heavy (non-hydrogen) atoms. The third-order valence-corrected chi connectivity index (χ3v) is 5.84. The lowest BCUT2D eigenvalue weighted by Gasteiger charge is -2.18. The van der Waals surface area contributed by atoms with Crippen molar-refractivity contribution in [2.24, 2.45) is 0 Å². The van der Waals surface area contributed by atoms with E-state index in [0.29, 0.717) is 16.5 Å². The number of hydrogen-bond acceptors (Lipinski definition) is 3. The van der Waals surface area contributed by atoms with Gasteiger partial charge in [0, 0.05) is 32.9 Å². The Bertz CT molecular complexity index is 990. The van der Waals surface area contributed by atoms with Crippen molar-refractivity contribution in [2.75, 3.05) is 16.2 Å². The molecule has 1 N–H and O–H groups in total. The van der Waals surface area contributed by atoms with Crippen molar-refractivity contribution in [1.29, 1.82) is 0 Å². The highest BCUT2D eigenvalue weighted by Gasteiger charge is 2.24. The van der Waals surface area contributed by atoms with E-state index >= 15 is 0 Å². The zero-order valence-corrected chi connectivity index (χ0v) is 17.3. The summed E-state index contributed by atoms with van der Waals surface area (Å²) < 4.78 is 3.32. The first-order valence-corrected chi connectivity index (χ1v) is 10.5. The number of fused-ring (bicyclic) bond motifs is 1. The van der Waals surface area contributed by atoms with Crippen molar-refractivity contribution in [1.82, 2.24) is 0 Å². The van der Waals surface area contributed by atoms with Crippen LogP contribution in [0.4, 0.5) is 11.4 Å². The second kappa shape index (κ2) is 8.48. The first kappa shape index (κ1) is 19.2. The summed E-state index contributed by atoms with van der Waals surface area (Å²) in [5, 5.41) is 1.22. The normalized spacial score (nSPS) is 12.7. The molecular weight excluding hydrogens is 411 g/mol. The Morgan fingerprint density at radius 3 is 2.50 bits per heavy atom. The van der Waals surface area contributed by atoms with Crippen molar-refractivity contribution in [3.8, 4) is 0 Å². The number of hydrogen-bond donors (Lipinski definition) is 1. The van der Waals surface area contributed by atoms with Gasteiger partial charge in [-0.3, -0.25) is 4.79 Å². The molecule has 0 unspecified atom stereocenters. The molecule has 142 valence electrons. The summed E-state index contributed by atoms with van der Waals surface area (Å²) >= 11 is 13.6. The summed E-state index contributed by atoms with van der Waals surface area (Å²) in [6.45, 7) is 0.724. The van der Waals surface area contributed by atoms with Crippen LogP contribution in [-0.2, 0) is 17.6 Å². The molecule has 0 fully saturated rings. The molecule has 0 saturated heterocycles. The highest BCUT2D eigenvalue weighted by Crippen LogP contribution is 2.33. The van der Waals surface area contributed by atoms with Crippen LogP contribution in [0.15, 0.2) is 71.6 Å². The number of nitrogens with one attached hydrogen (secondary N) is 1. The Balaban J connectivity index is 1.43. The lowest BCUT2D eigenvalue weighted by atomic mass is 10.1. The van der Waals surface area contributed by atoms with E-state index in [1.54, 1.807) is 6.07 Å². The molecule has 4 rings (SSSR count). The predicted octanol–water partition coefficient (Wildman–Crippen LogP) is 6.24. The molecular formula is C22H18Cl2N2OS. The van der Waals surface area contributed by atoms with E-state index in [2.05, 4.69) is 10.8 Å². The smallest absolute Gasteiger partial charge is 0.231 e. The number of halogens is 2. The van der Waals surface area contributed by atoms with Gasteiger partial charge < -0.3 is 9.62 Å². The quantitative estimate of drug-likeness (QED) is 0.487. The Morgan fingerprint density at radius 2 is 1.75 bits per heavy atom. The topological polar surface area (TPSA) is 32.3 Å². The summed E-state index contributed by atoms with van der Waals surface area (Å²) in [5.74, 6) is 0.133. The maximum Gasteiger partial charge on any atom is 0.231 e. The van der Waals surface area contributed by atoms with Crippen molar-refractivity contribution in [2.45, 2.75) is 17.7 Å². The molecule has 0 bridgehead atoms. The fraction of sp³-hybridized carbons (Fsp3) is 0.136. The molecule has 0 atom stereocenters. The van der Waals surface area contributed by atoms with Gasteiger partial charge in [-0.1, -0.05) is 53.5 Å². The third-order valence-electron chi connectivity index (χ3n) is 4.60. The number of anilines is 2. The maximum atomic E-state index is 12.7. The van der Waals surface area contributed by atoms with Crippen molar-refractivity contribution >= 4 is 52.4 Å². The van der Waals surface area contributed by atoms with Gasteiger partial charge in [-0.05, 0) is 65.9 Å². The van der Waals surface area contributed by atoms with E-state index in [0.717, 1.165) is 34.8 Å². The van der Waals surface area contributed by atoms with Crippen LogP contribution in [0.25, 0.3) is 0 Å². The van der Waals surface area contributed by atoms with E-state index in [-0.39, 0.29) is 5.91 Å². The second-order valence-electron chi connectivity index (χ2n) is 6.61. The van der Waals surface area contributed by atoms with Gasteiger partial charge in [0.15, 0.2) is 0 Å². The third kappa shape index (κ3) is 4.46. The zero-order chi connectivity index (χ0) is 19.5. The molecule has 0 saturated carbocycles. The Kier molecular flexibility index (Phi) is 5.81. The van der Waals surface area contributed by atoms with Crippen LogP contribution in [-0.4, -0.2) is 12.5 Å². The summed E-state index contributed by atoms with van der Waals surface area (Å²) in [6.07, 6.45) is 1.28. The molecule has 0 spiro atoms. The number of carbonyl (C=O) groups is 1. The van der Waals surface area contributed by atoms with Crippen LogP contribution in [0.5, 0.6) is 0 Å². The second-order valence-corrected chi connectivity index (χ2v) is 8.36. The SMILES string of the molecule is O=C(Cc1ccccc1)N1CCc2cc(NSc3cc(Cl)cc(Cl)c3)ccc21. The molecule has 0 aliphatic carbocycles. The standard InChI is InChI=1S/C22H18Cl2N2OS/c23-17-12-18(24)14-20(13-17)28-25-19-6-7-21-16(11-19)8-9-26(21)22(27)10-15-4-2-1-3-5-15/h1-7,11-14,25H,8-10H2. The fourth-order valence-corrected chi connectivity index (χ4v) is 4.69. The van der Waals surface area contributed by atoms with Gasteiger partial charge in [0.1, 0.15) is 0 Å². The van der Waals surface area contributed by atoms with Gasteiger partial charge in [-0.25, -0.2) is 0 Å². The van der Waals surface area contributed by atoms with E-state index in [1.807, 2.05) is 59.5 Å². The molecule has 1 heterocycles. The highest BCUT2D eigenvalue weighted by molar-refractivity contribution is 8.00. The van der Waals surface area contributed by atoms with Crippen LogP contribution in [0.2, 0.25) is 10.0 Å². The Labute approximate surface area is 178 Å². The van der Waals surface area contributed by atoms with Gasteiger partial charge in [0.25, 0.3) is 0 Å². The Morgan fingerprint density at radius 1 is 1.00 bits per heavy atom. The lowest BCUT2D eigenvalue weighted by Crippen LogP contribution is -2.30. The average molecular weight is 429 g/mol. The Hall–Kier alpha value is -2.14. The van der Waals surface area contributed by atoms with Crippen molar-refractivity contribution < 1.29 is 4.79 Å². The van der Waals surface area contributed by atoms with Crippen molar-refractivity contribution in [3.05, 3.63) is 87.9 Å². The lowest BCUT2D eigenvalue weighted by molar-refractivity contribution is -0.117. The van der Waals surface area contributed by atoms with Gasteiger partial charge in [-0.2, -0.15) is 0 Å². The number of carbonyl (C=O) groups excluding carboxylic acids is 1. The van der Waals surface area contributed by atoms with Gasteiger partial charge >= 0.3 is 0 Å². The number of nitrogens with zero attached hydrogens (tertiary/aromatic N) is 1. The van der Waals surface area contributed by atoms with Crippen LogP contribution in [0.3, 0.4) is 0 Å². The highest BCUT2D eigenvalue weighted by atomic mass is 35.5. The maximum absolute atomic E-state index is 12.7. The first-order valence-electron chi connectivity index (χ1n) is 8.95. The fourth-order valence-electron chi connectivity index (χ4n) is 3.30. The molecule has 6 heteroatoms. The van der Waals surface area contributed by atoms with Gasteiger partial charge in [0.2, 0.25) is 5.91 Å². The van der Waals surface area contributed by atoms with E-state index in [9.17, 15) is 4.79 Å². The van der Waals surface area contributed by atoms with Crippen LogP contribution in [0.1, 0.15) is 11.1 Å². The number of rotatable bonds is 5. The largest absolute Gasteiger partial charge is 0.326 e. The predicted molar refractivity (Wildman–Crippen MR) is 119 cm³/mol. The molecule has 3 aromatic rings.